The Labute approximate surface area is 101 Å². The van der Waals surface area contributed by atoms with Crippen molar-refractivity contribution < 1.29 is 4.79 Å². The van der Waals surface area contributed by atoms with Crippen molar-refractivity contribution in [1.29, 1.82) is 0 Å². The molecule has 17 heavy (non-hydrogen) atoms. The number of hydrogen-bond donors (Lipinski definition) is 2. The Hall–Kier alpha value is -1.79. The summed E-state index contributed by atoms with van der Waals surface area (Å²) in [4.78, 5) is 23.2. The van der Waals surface area contributed by atoms with Crippen LogP contribution in [0.3, 0.4) is 0 Å². The van der Waals surface area contributed by atoms with Crippen molar-refractivity contribution in [3.05, 3.63) is 16.3 Å². The van der Waals surface area contributed by atoms with Gasteiger partial charge in [-0.2, -0.15) is 4.68 Å². The van der Waals surface area contributed by atoms with Crippen LogP contribution in [0, 0.1) is 0 Å². The summed E-state index contributed by atoms with van der Waals surface area (Å²) in [5.74, 6) is 5.83. The van der Waals surface area contributed by atoms with Crippen LogP contribution < -0.4 is 16.8 Å². The van der Waals surface area contributed by atoms with E-state index < -0.39 is 17.3 Å². The lowest BCUT2D eigenvalue weighted by molar-refractivity contribution is 0.229. The summed E-state index contributed by atoms with van der Waals surface area (Å²) in [5, 5.41) is 6.48. The molecule has 1 aromatic heterocycles. The van der Waals surface area contributed by atoms with Crippen LogP contribution in [-0.2, 0) is 6.42 Å². The predicted octanol–water partition coefficient (Wildman–Crippen LogP) is 0.313. The number of nitrogen functional groups attached to an aromatic ring is 1. The Kier molecular flexibility index (Phi) is 4.50. The van der Waals surface area contributed by atoms with E-state index >= 15 is 0 Å². The van der Waals surface area contributed by atoms with Gasteiger partial charge in [-0.25, -0.2) is 9.59 Å². The minimum atomic E-state index is -0.640. The van der Waals surface area contributed by atoms with Gasteiger partial charge >= 0.3 is 11.7 Å². The number of carbonyl (C=O) groups excluding carboxylic acids is 1. The Bertz CT molecular complexity index is 452. The van der Waals surface area contributed by atoms with Crippen molar-refractivity contribution in [1.82, 2.24) is 19.8 Å². The molecule has 3 N–H and O–H groups in total. The van der Waals surface area contributed by atoms with E-state index in [1.165, 1.54) is 0 Å². The van der Waals surface area contributed by atoms with Crippen molar-refractivity contribution in [3.63, 3.8) is 0 Å². The number of nitrogens with two attached hydrogens (primary N) is 1. The summed E-state index contributed by atoms with van der Waals surface area (Å²) in [6.45, 7) is 7.25. The van der Waals surface area contributed by atoms with E-state index in [-0.39, 0.29) is 7.43 Å². The largest absolute Gasteiger partial charge is 0.373 e. The van der Waals surface area contributed by atoms with Gasteiger partial charge in [0, 0.05) is 12.0 Å². The van der Waals surface area contributed by atoms with Crippen molar-refractivity contribution in [2.24, 2.45) is 0 Å². The first kappa shape index (κ1) is 15.2. The molecule has 0 saturated carbocycles. The molecule has 7 nitrogen and oxygen atoms in total. The number of aromatic nitrogens is 3. The van der Waals surface area contributed by atoms with Gasteiger partial charge in [0.25, 0.3) is 0 Å². The monoisotopic (exact) mass is 243 g/mol. The summed E-state index contributed by atoms with van der Waals surface area (Å²) in [6.07, 6.45) is 0.488. The molecule has 0 atom stereocenters. The molecule has 0 saturated heterocycles. The zero-order chi connectivity index (χ0) is 12.5. The maximum absolute atomic E-state index is 11.7. The molecular formula is C10H21N5O2. The average Bonchev–Trinajstić information content (AvgIpc) is 2.41. The standard InChI is InChI=1S/C9H17N5O2.CH4/c1-5-6-12-14(8(16)13(6)10)7(15)11-9(2,3)4;/h5,10H2,1-4H3,(H,11,15);1H4. The quantitative estimate of drug-likeness (QED) is 0.694. The molecule has 1 amide bonds. The summed E-state index contributed by atoms with van der Waals surface area (Å²) < 4.78 is 1.62. The number of aryl methyl sites for hydroxylation is 1. The van der Waals surface area contributed by atoms with E-state index in [0.717, 1.165) is 9.36 Å². The summed E-state index contributed by atoms with van der Waals surface area (Å²) in [7, 11) is 0. The molecule has 0 aliphatic rings. The lowest BCUT2D eigenvalue weighted by atomic mass is 10.1. The fourth-order valence-electron chi connectivity index (χ4n) is 1.17. The van der Waals surface area contributed by atoms with Crippen molar-refractivity contribution >= 4 is 6.03 Å². The highest BCUT2D eigenvalue weighted by Crippen LogP contribution is 1.98. The van der Waals surface area contributed by atoms with E-state index in [1.54, 1.807) is 6.92 Å². The van der Waals surface area contributed by atoms with E-state index in [0.29, 0.717) is 12.2 Å². The van der Waals surface area contributed by atoms with E-state index in [2.05, 4.69) is 10.4 Å². The van der Waals surface area contributed by atoms with Gasteiger partial charge in [0.15, 0.2) is 5.82 Å². The third-order valence-corrected chi connectivity index (χ3v) is 1.87. The van der Waals surface area contributed by atoms with Crippen LogP contribution in [0.25, 0.3) is 0 Å². The lowest BCUT2D eigenvalue weighted by Gasteiger charge is -2.19. The van der Waals surface area contributed by atoms with Crippen LogP contribution in [-0.4, -0.2) is 26.0 Å². The second-order valence-corrected chi connectivity index (χ2v) is 4.51. The fourth-order valence-corrected chi connectivity index (χ4v) is 1.17. The van der Waals surface area contributed by atoms with Gasteiger partial charge in [-0.1, -0.05) is 14.4 Å². The zero-order valence-corrected chi connectivity index (χ0v) is 9.94. The van der Waals surface area contributed by atoms with Crippen LogP contribution in [0.15, 0.2) is 4.79 Å². The average molecular weight is 243 g/mol. The molecule has 0 aromatic carbocycles. The molecule has 1 heterocycles. The number of hydrogen-bond acceptors (Lipinski definition) is 4. The van der Waals surface area contributed by atoms with Gasteiger partial charge in [0.05, 0.1) is 0 Å². The summed E-state index contributed by atoms with van der Waals surface area (Å²) in [5.41, 5.74) is -1.07. The third kappa shape index (κ3) is 3.33. The van der Waals surface area contributed by atoms with E-state index in [1.807, 2.05) is 20.8 Å². The highest BCUT2D eigenvalue weighted by atomic mass is 16.2. The van der Waals surface area contributed by atoms with Crippen molar-refractivity contribution in [3.8, 4) is 0 Å². The zero-order valence-electron chi connectivity index (χ0n) is 9.94. The molecule has 0 radical (unpaired) electrons. The van der Waals surface area contributed by atoms with Crippen LogP contribution >= 0.6 is 0 Å². The first-order valence-corrected chi connectivity index (χ1v) is 5.05. The van der Waals surface area contributed by atoms with Crippen molar-refractivity contribution in [2.75, 3.05) is 5.84 Å². The number of amides is 1. The molecule has 0 spiro atoms. The van der Waals surface area contributed by atoms with E-state index in [4.69, 9.17) is 5.84 Å². The van der Waals surface area contributed by atoms with Crippen LogP contribution in [0.2, 0.25) is 0 Å². The third-order valence-electron chi connectivity index (χ3n) is 1.87. The topological polar surface area (TPSA) is 94.9 Å². The maximum Gasteiger partial charge on any atom is 0.373 e. The second-order valence-electron chi connectivity index (χ2n) is 4.51. The van der Waals surface area contributed by atoms with Crippen molar-refractivity contribution in [2.45, 2.75) is 47.1 Å². The number of nitrogens with zero attached hydrogens (tertiary/aromatic N) is 3. The van der Waals surface area contributed by atoms with Crippen LogP contribution in [0.5, 0.6) is 0 Å². The Morgan fingerprint density at radius 3 is 2.35 bits per heavy atom. The number of carbonyl (C=O) groups is 1. The Morgan fingerprint density at radius 1 is 1.47 bits per heavy atom. The van der Waals surface area contributed by atoms with Gasteiger partial charge in [0.2, 0.25) is 0 Å². The van der Waals surface area contributed by atoms with Gasteiger partial charge in [-0.15, -0.1) is 9.78 Å². The molecule has 7 heteroatoms. The first-order chi connectivity index (χ1) is 7.26. The highest BCUT2D eigenvalue weighted by molar-refractivity contribution is 5.76. The summed E-state index contributed by atoms with van der Waals surface area (Å²) >= 11 is 0. The lowest BCUT2D eigenvalue weighted by Crippen LogP contribution is -2.47. The molecule has 0 bridgehead atoms. The van der Waals surface area contributed by atoms with Gasteiger partial charge in [-0.3, -0.25) is 0 Å². The normalized spacial score (nSPS) is 10.8. The van der Waals surface area contributed by atoms with Gasteiger partial charge in [-0.05, 0) is 20.8 Å². The SMILES string of the molecule is C.CCc1nn(C(=O)NC(C)(C)C)c(=O)n1N. The molecular weight excluding hydrogens is 222 g/mol. The van der Waals surface area contributed by atoms with Crippen LogP contribution in [0.1, 0.15) is 40.9 Å². The number of nitrogens with one attached hydrogen (secondary N) is 1. The van der Waals surface area contributed by atoms with Crippen LogP contribution in [0.4, 0.5) is 4.79 Å². The van der Waals surface area contributed by atoms with Gasteiger partial charge < -0.3 is 11.2 Å². The highest BCUT2D eigenvalue weighted by Gasteiger charge is 2.20. The molecule has 1 aromatic rings. The molecule has 98 valence electrons. The maximum atomic E-state index is 11.7. The Morgan fingerprint density at radius 2 is 2.00 bits per heavy atom. The first-order valence-electron chi connectivity index (χ1n) is 5.05. The molecule has 0 fully saturated rings. The second kappa shape index (κ2) is 5.03. The molecule has 0 unspecified atom stereocenters. The smallest absolute Gasteiger partial charge is 0.333 e. The Balaban J connectivity index is 0.00000256. The summed E-state index contributed by atoms with van der Waals surface area (Å²) in [6, 6.07) is -0.573. The van der Waals surface area contributed by atoms with Gasteiger partial charge in [0.1, 0.15) is 0 Å². The fraction of sp³-hybridized carbons (Fsp3) is 0.700. The predicted molar refractivity (Wildman–Crippen MR) is 66.4 cm³/mol. The molecule has 1 rings (SSSR count). The molecule has 0 aliphatic carbocycles. The minimum Gasteiger partial charge on any atom is -0.333 e. The van der Waals surface area contributed by atoms with E-state index in [9.17, 15) is 9.59 Å². The minimum absolute atomic E-state index is 0. The number of rotatable bonds is 1. The molecule has 0 aliphatic heterocycles.